The predicted molar refractivity (Wildman–Crippen MR) is 71.6 cm³/mol. The summed E-state index contributed by atoms with van der Waals surface area (Å²) in [7, 11) is 0. The number of carbonyl (C=O) groups is 1. The van der Waals surface area contributed by atoms with E-state index in [9.17, 15) is 9.18 Å². The zero-order chi connectivity index (χ0) is 14.0. The highest BCUT2D eigenvalue weighted by Crippen LogP contribution is 2.37. The van der Waals surface area contributed by atoms with Crippen molar-refractivity contribution in [2.75, 3.05) is 0 Å². The summed E-state index contributed by atoms with van der Waals surface area (Å²) in [6.45, 7) is 3.79. The van der Waals surface area contributed by atoms with E-state index in [0.29, 0.717) is 5.92 Å². The first-order valence-electron chi connectivity index (χ1n) is 6.71. The highest BCUT2D eigenvalue weighted by atomic mass is 19.1. The zero-order valence-corrected chi connectivity index (χ0v) is 11.3. The molecule has 0 saturated heterocycles. The molecule has 104 valence electrons. The van der Waals surface area contributed by atoms with Crippen molar-refractivity contribution in [2.24, 2.45) is 5.92 Å². The van der Waals surface area contributed by atoms with Crippen LogP contribution in [0, 0.1) is 11.7 Å². The molecule has 0 radical (unpaired) electrons. The highest BCUT2D eigenvalue weighted by molar-refractivity contribution is 5.73. The fraction of sp³-hybridized carbons (Fsp3) is 0.533. The van der Waals surface area contributed by atoms with Crippen LogP contribution in [0.5, 0.6) is 0 Å². The van der Waals surface area contributed by atoms with Crippen LogP contribution < -0.4 is 5.32 Å². The van der Waals surface area contributed by atoms with Crippen molar-refractivity contribution in [3.05, 3.63) is 35.6 Å². The van der Waals surface area contributed by atoms with E-state index in [1.165, 1.54) is 6.07 Å². The van der Waals surface area contributed by atoms with Crippen LogP contribution in [-0.4, -0.2) is 23.2 Å². The maximum atomic E-state index is 13.1. The minimum Gasteiger partial charge on any atom is -0.480 e. The Hall–Kier alpha value is -1.42. The molecule has 0 aliphatic heterocycles. The van der Waals surface area contributed by atoms with Gasteiger partial charge in [-0.1, -0.05) is 26.0 Å². The Morgan fingerprint density at radius 3 is 2.63 bits per heavy atom. The lowest BCUT2D eigenvalue weighted by atomic mass is 9.75. The van der Waals surface area contributed by atoms with Crippen LogP contribution in [0.1, 0.15) is 38.2 Å². The summed E-state index contributed by atoms with van der Waals surface area (Å²) in [4.78, 5) is 11.1. The topological polar surface area (TPSA) is 49.3 Å². The molecule has 1 atom stereocenters. The first-order chi connectivity index (χ1) is 8.97. The monoisotopic (exact) mass is 265 g/mol. The number of carboxylic acids is 1. The summed E-state index contributed by atoms with van der Waals surface area (Å²) in [6.07, 6.45) is 1.75. The Labute approximate surface area is 112 Å². The molecule has 1 unspecified atom stereocenters. The largest absolute Gasteiger partial charge is 0.480 e. The van der Waals surface area contributed by atoms with Gasteiger partial charge < -0.3 is 10.4 Å². The van der Waals surface area contributed by atoms with Crippen LogP contribution in [0.2, 0.25) is 0 Å². The third-order valence-corrected chi connectivity index (χ3v) is 3.81. The average Bonchev–Trinajstić information content (AvgIpc) is 2.26. The van der Waals surface area contributed by atoms with E-state index in [-0.39, 0.29) is 17.8 Å². The maximum Gasteiger partial charge on any atom is 0.320 e. The second-order valence-corrected chi connectivity index (χ2v) is 5.65. The first kappa shape index (κ1) is 14.0. The van der Waals surface area contributed by atoms with Gasteiger partial charge in [0.1, 0.15) is 11.9 Å². The Morgan fingerprint density at radius 2 is 2.11 bits per heavy atom. The molecular weight excluding hydrogens is 245 g/mol. The first-order valence-corrected chi connectivity index (χ1v) is 6.71. The van der Waals surface area contributed by atoms with E-state index >= 15 is 0 Å². The normalized spacial score (nSPS) is 24.0. The fourth-order valence-electron chi connectivity index (χ4n) is 2.59. The molecule has 2 N–H and O–H groups in total. The number of halogens is 1. The molecule has 0 aromatic heterocycles. The number of rotatable bonds is 5. The Kier molecular flexibility index (Phi) is 4.20. The summed E-state index contributed by atoms with van der Waals surface area (Å²) in [5.41, 5.74) is 1.01. The molecule has 4 heteroatoms. The molecule has 1 aromatic rings. The molecule has 1 fully saturated rings. The van der Waals surface area contributed by atoms with Crippen LogP contribution in [0.15, 0.2) is 24.3 Å². The van der Waals surface area contributed by atoms with Gasteiger partial charge in [0.2, 0.25) is 0 Å². The Morgan fingerprint density at radius 1 is 1.42 bits per heavy atom. The molecule has 0 amide bonds. The van der Waals surface area contributed by atoms with Crippen molar-refractivity contribution < 1.29 is 14.3 Å². The van der Waals surface area contributed by atoms with E-state index in [2.05, 4.69) is 5.32 Å². The second kappa shape index (κ2) is 5.70. The van der Waals surface area contributed by atoms with Crippen molar-refractivity contribution in [2.45, 2.75) is 44.7 Å². The number of aliphatic carboxylic acids is 1. The highest BCUT2D eigenvalue weighted by Gasteiger charge is 2.34. The van der Waals surface area contributed by atoms with Gasteiger partial charge in [-0.15, -0.1) is 0 Å². The van der Waals surface area contributed by atoms with Gasteiger partial charge in [0, 0.05) is 6.04 Å². The van der Waals surface area contributed by atoms with Gasteiger partial charge in [-0.25, -0.2) is 4.39 Å². The number of nitrogens with one attached hydrogen (secondary N) is 1. The van der Waals surface area contributed by atoms with Gasteiger partial charge in [-0.3, -0.25) is 4.79 Å². The van der Waals surface area contributed by atoms with Crippen LogP contribution >= 0.6 is 0 Å². The van der Waals surface area contributed by atoms with E-state index in [1.807, 2.05) is 19.9 Å². The summed E-state index contributed by atoms with van der Waals surface area (Å²) in [6, 6.07) is 6.38. The molecule has 19 heavy (non-hydrogen) atoms. The van der Waals surface area contributed by atoms with Crippen LogP contribution in [-0.2, 0) is 4.79 Å². The molecule has 3 nitrogen and oxygen atoms in total. The second-order valence-electron chi connectivity index (χ2n) is 5.65. The van der Waals surface area contributed by atoms with Crippen molar-refractivity contribution in [1.82, 2.24) is 5.32 Å². The van der Waals surface area contributed by atoms with Gasteiger partial charge >= 0.3 is 5.97 Å². The summed E-state index contributed by atoms with van der Waals surface area (Å²) < 4.78 is 13.1. The third-order valence-electron chi connectivity index (χ3n) is 3.81. The summed E-state index contributed by atoms with van der Waals surface area (Å²) >= 11 is 0. The van der Waals surface area contributed by atoms with Gasteiger partial charge in [-0.05, 0) is 42.4 Å². The Bertz CT molecular complexity index is 455. The third kappa shape index (κ3) is 3.32. The SMILES string of the molecule is CC(C)C(NC1CC(c2cccc(F)c2)C1)C(=O)O. The van der Waals surface area contributed by atoms with Crippen LogP contribution in [0.3, 0.4) is 0 Å². The van der Waals surface area contributed by atoms with E-state index in [1.54, 1.807) is 12.1 Å². The maximum absolute atomic E-state index is 13.1. The minimum absolute atomic E-state index is 0.0609. The van der Waals surface area contributed by atoms with E-state index < -0.39 is 12.0 Å². The van der Waals surface area contributed by atoms with Crippen molar-refractivity contribution in [1.29, 1.82) is 0 Å². The lowest BCUT2D eigenvalue weighted by Gasteiger charge is -2.38. The number of benzene rings is 1. The molecular formula is C15H20FNO2. The van der Waals surface area contributed by atoms with E-state index in [0.717, 1.165) is 18.4 Å². The van der Waals surface area contributed by atoms with Crippen LogP contribution in [0.4, 0.5) is 4.39 Å². The van der Waals surface area contributed by atoms with Crippen molar-refractivity contribution in [3.8, 4) is 0 Å². The number of hydrogen-bond donors (Lipinski definition) is 2. The number of carboxylic acid groups (broad SMARTS) is 1. The van der Waals surface area contributed by atoms with Crippen molar-refractivity contribution >= 4 is 5.97 Å². The summed E-state index contributed by atoms with van der Waals surface area (Å²) in [5.74, 6) is -0.607. The molecule has 1 aromatic carbocycles. The lowest BCUT2D eigenvalue weighted by Crippen LogP contribution is -2.51. The van der Waals surface area contributed by atoms with Gasteiger partial charge in [0.25, 0.3) is 0 Å². The van der Waals surface area contributed by atoms with Gasteiger partial charge in [-0.2, -0.15) is 0 Å². The Balaban J connectivity index is 1.88. The van der Waals surface area contributed by atoms with Gasteiger partial charge in [0.05, 0.1) is 0 Å². The predicted octanol–water partition coefficient (Wildman–Crippen LogP) is 2.77. The lowest BCUT2D eigenvalue weighted by molar-refractivity contribution is -0.141. The van der Waals surface area contributed by atoms with Crippen LogP contribution in [0.25, 0.3) is 0 Å². The standard InChI is InChI=1S/C15H20FNO2/c1-9(2)14(15(18)19)17-13-7-11(8-13)10-4-3-5-12(16)6-10/h3-6,9,11,13-14,17H,7-8H2,1-2H3,(H,18,19). The minimum atomic E-state index is -0.802. The molecule has 0 spiro atoms. The molecule has 1 aliphatic rings. The molecule has 2 rings (SSSR count). The van der Waals surface area contributed by atoms with E-state index in [4.69, 9.17) is 5.11 Å². The quantitative estimate of drug-likeness (QED) is 0.860. The molecule has 0 bridgehead atoms. The number of hydrogen-bond acceptors (Lipinski definition) is 2. The average molecular weight is 265 g/mol. The molecule has 0 heterocycles. The van der Waals surface area contributed by atoms with Crippen molar-refractivity contribution in [3.63, 3.8) is 0 Å². The smallest absolute Gasteiger partial charge is 0.320 e. The fourth-order valence-corrected chi connectivity index (χ4v) is 2.59. The molecule has 1 saturated carbocycles. The molecule has 1 aliphatic carbocycles. The van der Waals surface area contributed by atoms with Gasteiger partial charge in [0.15, 0.2) is 0 Å². The zero-order valence-electron chi connectivity index (χ0n) is 11.3. The summed E-state index contributed by atoms with van der Waals surface area (Å²) in [5, 5.41) is 12.3.